The zero-order chi connectivity index (χ0) is 25.9. The van der Waals surface area contributed by atoms with Crippen molar-refractivity contribution in [1.82, 2.24) is 9.61 Å². The van der Waals surface area contributed by atoms with E-state index in [1.165, 1.54) is 22.8 Å². The normalized spacial score (nSPS) is 12.3. The summed E-state index contributed by atoms with van der Waals surface area (Å²) in [6, 6.07) is 6.73. The summed E-state index contributed by atoms with van der Waals surface area (Å²) in [6.07, 6.45) is -7.35. The van der Waals surface area contributed by atoms with Gasteiger partial charge in [0.25, 0.3) is 0 Å². The fraction of sp³-hybridized carbons (Fsp3) is 0.391. The van der Waals surface area contributed by atoms with Crippen molar-refractivity contribution in [2.75, 3.05) is 0 Å². The lowest BCUT2D eigenvalue weighted by atomic mass is 10.0. The average molecular weight is 490 g/mol. The van der Waals surface area contributed by atoms with Crippen molar-refractivity contribution in [3.05, 3.63) is 53.9 Å². The molecule has 5 nitrogen and oxygen atoms in total. The summed E-state index contributed by atoms with van der Waals surface area (Å²) in [7, 11) is 0. The van der Waals surface area contributed by atoms with Crippen molar-refractivity contribution >= 4 is 11.3 Å². The minimum absolute atomic E-state index is 0.113. The molecule has 1 N–H and O–H groups in total. The van der Waals surface area contributed by atoms with Gasteiger partial charge in [0.15, 0.2) is 0 Å². The Morgan fingerprint density at radius 2 is 1.65 bits per heavy atom. The van der Waals surface area contributed by atoms with E-state index in [4.69, 9.17) is 5.11 Å². The summed E-state index contributed by atoms with van der Waals surface area (Å²) >= 11 is 0. The van der Waals surface area contributed by atoms with Crippen molar-refractivity contribution < 1.29 is 41.0 Å². The second-order valence-corrected chi connectivity index (χ2v) is 8.16. The Hall–Kier alpha value is -3.08. The summed E-state index contributed by atoms with van der Waals surface area (Å²) < 4.78 is 80.4. The Bertz CT molecular complexity index is 1130. The molecule has 0 amide bonds. The van der Waals surface area contributed by atoms with Crippen LogP contribution in [0.3, 0.4) is 0 Å². The second kappa shape index (κ2) is 10.0. The number of hydrogen-bond donors (Lipinski definition) is 1. The standard InChI is InChI=1S/C16H10F6N2O.C7H14O2/c1-9-14(10-2-4-12(5-3-10)25-16(20,21)22)13-8-11(15(17,18)19)6-7-24(13)23-9;1-4-6(8)5-7(2,3)9/h2-8H,1H3;9H,4-5H2,1-3H3. The number of rotatable bonds is 5. The molecule has 0 fully saturated rings. The summed E-state index contributed by atoms with van der Waals surface area (Å²) in [5, 5.41) is 13.2. The highest BCUT2D eigenvalue weighted by atomic mass is 19.4. The maximum absolute atomic E-state index is 12.9. The van der Waals surface area contributed by atoms with E-state index in [0.29, 0.717) is 23.2 Å². The van der Waals surface area contributed by atoms with Gasteiger partial charge < -0.3 is 9.84 Å². The lowest BCUT2D eigenvalue weighted by Gasteiger charge is -2.14. The van der Waals surface area contributed by atoms with Crippen LogP contribution >= 0.6 is 0 Å². The number of carbonyl (C=O) groups excluding carboxylic acids is 1. The molecule has 11 heteroatoms. The van der Waals surface area contributed by atoms with Crippen LogP contribution in [0.2, 0.25) is 0 Å². The van der Waals surface area contributed by atoms with E-state index in [1.54, 1.807) is 27.7 Å². The third-order valence-corrected chi connectivity index (χ3v) is 4.54. The van der Waals surface area contributed by atoms with Crippen molar-refractivity contribution in [3.8, 4) is 16.9 Å². The molecule has 2 aromatic heterocycles. The highest BCUT2D eigenvalue weighted by Gasteiger charge is 2.32. The van der Waals surface area contributed by atoms with Crippen LogP contribution in [-0.2, 0) is 11.0 Å². The van der Waals surface area contributed by atoms with E-state index in [9.17, 15) is 31.1 Å². The summed E-state index contributed by atoms with van der Waals surface area (Å²) in [5.74, 6) is -0.302. The first kappa shape index (κ1) is 27.2. The number of ether oxygens (including phenoxy) is 1. The van der Waals surface area contributed by atoms with Crippen LogP contribution < -0.4 is 4.74 Å². The lowest BCUT2D eigenvalue weighted by molar-refractivity contribution is -0.274. The zero-order valence-corrected chi connectivity index (χ0v) is 18.9. The van der Waals surface area contributed by atoms with Crippen LogP contribution in [0.4, 0.5) is 26.3 Å². The van der Waals surface area contributed by atoms with Crippen molar-refractivity contribution in [1.29, 1.82) is 0 Å². The molecule has 0 aliphatic carbocycles. The Morgan fingerprint density at radius 1 is 1.06 bits per heavy atom. The molecule has 0 radical (unpaired) electrons. The minimum Gasteiger partial charge on any atom is -0.406 e. The Labute approximate surface area is 192 Å². The first-order chi connectivity index (χ1) is 15.5. The van der Waals surface area contributed by atoms with Gasteiger partial charge >= 0.3 is 12.5 Å². The summed E-state index contributed by atoms with van der Waals surface area (Å²) in [4.78, 5) is 10.7. The number of Topliss-reactive ketones (excluding diaryl/α,β-unsaturated/α-hetero) is 1. The van der Waals surface area contributed by atoms with Crippen LogP contribution in [0.15, 0.2) is 42.6 Å². The van der Waals surface area contributed by atoms with Crippen LogP contribution in [0.25, 0.3) is 16.6 Å². The molecule has 1 aromatic carbocycles. The predicted molar refractivity (Wildman–Crippen MR) is 113 cm³/mol. The van der Waals surface area contributed by atoms with E-state index in [-0.39, 0.29) is 17.7 Å². The molecule has 3 rings (SSSR count). The van der Waals surface area contributed by atoms with Crippen LogP contribution in [-0.4, -0.2) is 32.5 Å². The minimum atomic E-state index is -4.82. The third-order valence-electron chi connectivity index (χ3n) is 4.54. The monoisotopic (exact) mass is 490 g/mol. The first-order valence-electron chi connectivity index (χ1n) is 10.2. The van der Waals surface area contributed by atoms with E-state index >= 15 is 0 Å². The molecule has 3 aromatic rings. The van der Waals surface area contributed by atoms with Gasteiger partial charge in [-0.15, -0.1) is 13.2 Å². The molecule has 0 aliphatic heterocycles. The summed E-state index contributed by atoms with van der Waals surface area (Å²) in [6.45, 7) is 6.69. The van der Waals surface area contributed by atoms with Crippen molar-refractivity contribution in [2.24, 2.45) is 0 Å². The molecule has 34 heavy (non-hydrogen) atoms. The highest BCUT2D eigenvalue weighted by Crippen LogP contribution is 2.35. The number of halogens is 6. The Balaban J connectivity index is 0.000000387. The number of aromatic nitrogens is 2. The third kappa shape index (κ3) is 7.75. The molecular formula is C23H24F6N2O3. The SMILES string of the molecule is CCC(=O)CC(C)(C)O.Cc1nn2ccc(C(F)(F)F)cc2c1-c1ccc(OC(F)(F)F)cc1. The number of hydrogen-bond acceptors (Lipinski definition) is 4. The second-order valence-electron chi connectivity index (χ2n) is 8.16. The van der Waals surface area contributed by atoms with Gasteiger partial charge in [-0.3, -0.25) is 4.79 Å². The molecule has 2 heterocycles. The van der Waals surface area contributed by atoms with Crippen LogP contribution in [0, 0.1) is 6.92 Å². The smallest absolute Gasteiger partial charge is 0.406 e. The van der Waals surface area contributed by atoms with E-state index in [1.807, 2.05) is 0 Å². The maximum Gasteiger partial charge on any atom is 0.573 e. The highest BCUT2D eigenvalue weighted by molar-refractivity contribution is 5.83. The van der Waals surface area contributed by atoms with Gasteiger partial charge in [-0.25, -0.2) is 4.52 Å². The van der Waals surface area contributed by atoms with Gasteiger partial charge in [-0.1, -0.05) is 19.1 Å². The van der Waals surface area contributed by atoms with Crippen molar-refractivity contribution in [2.45, 2.75) is 58.7 Å². The zero-order valence-electron chi connectivity index (χ0n) is 18.9. The molecule has 0 saturated carbocycles. The molecular weight excluding hydrogens is 466 g/mol. The number of pyridine rings is 1. The number of ketones is 1. The number of benzene rings is 1. The number of fused-ring (bicyclic) bond motifs is 1. The average Bonchev–Trinajstić information content (AvgIpc) is 3.01. The van der Waals surface area contributed by atoms with Gasteiger partial charge in [-0.05, 0) is 50.6 Å². The molecule has 186 valence electrons. The molecule has 0 aliphatic rings. The van der Waals surface area contributed by atoms with Crippen LogP contribution in [0.1, 0.15) is 44.9 Å². The van der Waals surface area contributed by atoms with E-state index < -0.39 is 29.5 Å². The molecule has 0 bridgehead atoms. The number of nitrogens with zero attached hydrogens (tertiary/aromatic N) is 2. The number of aryl methyl sites for hydroxylation is 1. The molecule has 0 unspecified atom stereocenters. The van der Waals surface area contributed by atoms with Crippen LogP contribution in [0.5, 0.6) is 5.75 Å². The largest absolute Gasteiger partial charge is 0.573 e. The fourth-order valence-electron chi connectivity index (χ4n) is 3.13. The Morgan fingerprint density at radius 3 is 2.09 bits per heavy atom. The molecule has 0 atom stereocenters. The summed E-state index contributed by atoms with van der Waals surface area (Å²) in [5.41, 5.74) is -0.169. The van der Waals surface area contributed by atoms with Gasteiger partial charge in [0.05, 0.1) is 22.4 Å². The maximum atomic E-state index is 12.9. The topological polar surface area (TPSA) is 63.8 Å². The Kier molecular flexibility index (Phi) is 8.02. The molecule has 0 saturated heterocycles. The van der Waals surface area contributed by atoms with Gasteiger partial charge in [0.2, 0.25) is 0 Å². The predicted octanol–water partition coefficient (Wildman–Crippen LogP) is 6.35. The number of carbonyl (C=O) groups is 1. The van der Waals surface area contributed by atoms with E-state index in [0.717, 1.165) is 24.3 Å². The quantitative estimate of drug-likeness (QED) is 0.423. The van der Waals surface area contributed by atoms with E-state index in [2.05, 4.69) is 9.84 Å². The van der Waals surface area contributed by atoms with Gasteiger partial charge in [-0.2, -0.15) is 18.3 Å². The van der Waals surface area contributed by atoms with Gasteiger partial charge in [0.1, 0.15) is 11.5 Å². The van der Waals surface area contributed by atoms with Gasteiger partial charge in [0, 0.05) is 24.6 Å². The first-order valence-corrected chi connectivity index (χ1v) is 10.2. The fourth-order valence-corrected chi connectivity index (χ4v) is 3.13. The molecule has 0 spiro atoms. The van der Waals surface area contributed by atoms with Crippen molar-refractivity contribution in [3.63, 3.8) is 0 Å². The number of alkyl halides is 6. The lowest BCUT2D eigenvalue weighted by Crippen LogP contribution is -2.22. The number of aliphatic hydroxyl groups is 1.